The fourth-order valence-corrected chi connectivity index (χ4v) is 3.39. The van der Waals surface area contributed by atoms with Crippen LogP contribution in [-0.4, -0.2) is 39.5 Å². The van der Waals surface area contributed by atoms with E-state index in [-0.39, 0.29) is 17.7 Å². The lowest BCUT2D eigenvalue weighted by Gasteiger charge is -2.13. The molecule has 0 amide bonds. The SMILES string of the molecule is Nc1c2c(c(O)c3c1=C(CO)C=N3)=NCCS2=O. The minimum atomic E-state index is -1.28. The monoisotopic (exact) mass is 265 g/mol. The summed E-state index contributed by atoms with van der Waals surface area (Å²) < 4.78 is 12.0. The van der Waals surface area contributed by atoms with Crippen LogP contribution in [0.3, 0.4) is 0 Å². The maximum absolute atomic E-state index is 12.0. The molecule has 1 atom stereocenters. The molecule has 2 aliphatic heterocycles. The van der Waals surface area contributed by atoms with Gasteiger partial charge in [0.2, 0.25) is 0 Å². The molecule has 1 aromatic rings. The smallest absolute Gasteiger partial charge is 0.168 e. The van der Waals surface area contributed by atoms with E-state index in [1.54, 1.807) is 0 Å². The minimum Gasteiger partial charge on any atom is -0.504 e. The summed E-state index contributed by atoms with van der Waals surface area (Å²) in [5.41, 5.74) is 7.12. The first-order valence-corrected chi connectivity index (χ1v) is 6.72. The van der Waals surface area contributed by atoms with E-state index < -0.39 is 10.8 Å². The maximum Gasteiger partial charge on any atom is 0.168 e. The lowest BCUT2D eigenvalue weighted by molar-refractivity contribution is 0.352. The van der Waals surface area contributed by atoms with E-state index in [1.165, 1.54) is 6.21 Å². The molecule has 0 saturated carbocycles. The van der Waals surface area contributed by atoms with Gasteiger partial charge >= 0.3 is 0 Å². The Bertz CT molecular complexity index is 724. The van der Waals surface area contributed by atoms with Crippen molar-refractivity contribution in [1.29, 1.82) is 0 Å². The predicted octanol–water partition coefficient (Wildman–Crippen LogP) is -1.43. The molecule has 0 radical (unpaired) electrons. The van der Waals surface area contributed by atoms with Crippen LogP contribution in [0.25, 0.3) is 5.57 Å². The van der Waals surface area contributed by atoms with Crippen molar-refractivity contribution in [2.45, 2.75) is 4.90 Å². The second-order valence-corrected chi connectivity index (χ2v) is 5.54. The molecular formula is C11H11N3O3S. The molecule has 4 N–H and O–H groups in total. The van der Waals surface area contributed by atoms with Crippen molar-refractivity contribution >= 4 is 34.0 Å². The fraction of sp³-hybridized carbons (Fsp3) is 0.273. The van der Waals surface area contributed by atoms with E-state index in [9.17, 15) is 14.4 Å². The quantitative estimate of drug-likeness (QED) is 0.427. The van der Waals surface area contributed by atoms with Crippen molar-refractivity contribution in [3.05, 3.63) is 10.6 Å². The first-order valence-electron chi connectivity index (χ1n) is 5.40. The third-order valence-corrected chi connectivity index (χ3v) is 4.45. The van der Waals surface area contributed by atoms with Gasteiger partial charge in [-0.15, -0.1) is 0 Å². The van der Waals surface area contributed by atoms with E-state index in [4.69, 9.17) is 5.73 Å². The van der Waals surface area contributed by atoms with Gasteiger partial charge in [-0.1, -0.05) is 0 Å². The highest BCUT2D eigenvalue weighted by molar-refractivity contribution is 7.85. The van der Waals surface area contributed by atoms with Gasteiger partial charge in [0, 0.05) is 22.8 Å². The number of aliphatic hydroxyl groups is 1. The third-order valence-electron chi connectivity index (χ3n) is 3.03. The van der Waals surface area contributed by atoms with Gasteiger partial charge in [-0.3, -0.25) is 14.2 Å². The van der Waals surface area contributed by atoms with Gasteiger partial charge in [0.05, 0.1) is 34.5 Å². The molecule has 2 aliphatic rings. The van der Waals surface area contributed by atoms with Crippen molar-refractivity contribution in [3.8, 4) is 5.75 Å². The lowest BCUT2D eigenvalue weighted by atomic mass is 10.1. The molecule has 94 valence electrons. The molecule has 0 saturated heterocycles. The van der Waals surface area contributed by atoms with Gasteiger partial charge in [0.1, 0.15) is 11.0 Å². The van der Waals surface area contributed by atoms with E-state index in [0.717, 1.165) is 0 Å². The summed E-state index contributed by atoms with van der Waals surface area (Å²) in [6.07, 6.45) is 1.45. The molecule has 0 aromatic heterocycles. The van der Waals surface area contributed by atoms with Crippen LogP contribution in [0.2, 0.25) is 0 Å². The third kappa shape index (κ3) is 1.34. The number of rotatable bonds is 1. The lowest BCUT2D eigenvalue weighted by Crippen LogP contribution is -2.28. The Kier molecular flexibility index (Phi) is 2.46. The Labute approximate surface area is 105 Å². The molecule has 6 nitrogen and oxygen atoms in total. The highest BCUT2D eigenvalue weighted by atomic mass is 32.2. The van der Waals surface area contributed by atoms with Crippen molar-refractivity contribution < 1.29 is 14.4 Å². The van der Waals surface area contributed by atoms with Gasteiger partial charge in [-0.05, 0) is 0 Å². The Balaban J connectivity index is 2.54. The molecule has 2 heterocycles. The molecule has 7 heteroatoms. The zero-order valence-corrected chi connectivity index (χ0v) is 10.2. The molecule has 18 heavy (non-hydrogen) atoms. The number of hydrogen-bond acceptors (Lipinski definition) is 6. The first-order chi connectivity index (χ1) is 8.65. The summed E-state index contributed by atoms with van der Waals surface area (Å²) in [7, 11) is -1.28. The van der Waals surface area contributed by atoms with Gasteiger partial charge in [0.25, 0.3) is 0 Å². The van der Waals surface area contributed by atoms with Crippen molar-refractivity contribution in [2.24, 2.45) is 9.98 Å². The first kappa shape index (κ1) is 11.4. The van der Waals surface area contributed by atoms with Crippen LogP contribution in [0.5, 0.6) is 5.75 Å². The topological polar surface area (TPSA) is 108 Å². The number of hydrogen-bond donors (Lipinski definition) is 3. The summed E-state index contributed by atoms with van der Waals surface area (Å²) in [6.45, 7) is 0.161. The summed E-state index contributed by atoms with van der Waals surface area (Å²) in [5, 5.41) is 20.1. The molecule has 0 bridgehead atoms. The summed E-state index contributed by atoms with van der Waals surface area (Å²) in [4.78, 5) is 8.55. The Morgan fingerprint density at radius 3 is 3.00 bits per heavy atom. The van der Waals surface area contributed by atoms with Crippen molar-refractivity contribution in [3.63, 3.8) is 0 Å². The summed E-state index contributed by atoms with van der Waals surface area (Å²) in [6, 6.07) is 0. The van der Waals surface area contributed by atoms with Crippen LogP contribution in [0.1, 0.15) is 0 Å². The predicted molar refractivity (Wildman–Crippen MR) is 68.1 cm³/mol. The average Bonchev–Trinajstić information content (AvgIpc) is 2.80. The van der Waals surface area contributed by atoms with E-state index >= 15 is 0 Å². The van der Waals surface area contributed by atoms with Crippen LogP contribution >= 0.6 is 0 Å². The van der Waals surface area contributed by atoms with Crippen LogP contribution < -0.4 is 16.3 Å². The second kappa shape index (κ2) is 3.89. The summed E-state index contributed by atoms with van der Waals surface area (Å²) in [5.74, 6) is 0.284. The second-order valence-electron chi connectivity index (χ2n) is 4.04. The Morgan fingerprint density at radius 1 is 1.50 bits per heavy atom. The zero-order valence-electron chi connectivity index (χ0n) is 9.38. The normalized spacial score (nSPS) is 20.5. The largest absolute Gasteiger partial charge is 0.504 e. The van der Waals surface area contributed by atoms with E-state index in [2.05, 4.69) is 9.98 Å². The molecule has 0 aliphatic carbocycles. The van der Waals surface area contributed by atoms with E-state index in [0.29, 0.717) is 39.4 Å². The van der Waals surface area contributed by atoms with Crippen molar-refractivity contribution in [1.82, 2.24) is 0 Å². The number of benzene rings is 1. The van der Waals surface area contributed by atoms with Crippen LogP contribution in [-0.2, 0) is 10.8 Å². The molecule has 1 aromatic carbocycles. The standard InChI is InChI=1S/C11H11N3O3S/c12-7-6-5(4-15)3-14-8(6)10(16)9-11(7)18(17)2-1-13-9/h3,15-16H,1-2,4,12H2. The molecular weight excluding hydrogens is 254 g/mol. The molecule has 0 fully saturated rings. The number of aliphatic hydroxyl groups excluding tert-OH is 1. The van der Waals surface area contributed by atoms with Gasteiger partial charge in [-0.2, -0.15) is 0 Å². The van der Waals surface area contributed by atoms with E-state index in [1.807, 2.05) is 0 Å². The summed E-state index contributed by atoms with van der Waals surface area (Å²) >= 11 is 0. The zero-order chi connectivity index (χ0) is 12.9. The van der Waals surface area contributed by atoms with Crippen LogP contribution in [0, 0.1) is 0 Å². The molecule has 3 rings (SSSR count). The Morgan fingerprint density at radius 2 is 2.28 bits per heavy atom. The minimum absolute atomic E-state index is 0.109. The molecule has 0 spiro atoms. The highest BCUT2D eigenvalue weighted by Crippen LogP contribution is 2.27. The fourth-order valence-electron chi connectivity index (χ4n) is 2.20. The number of fused-ring (bicyclic) bond motifs is 2. The number of phenols is 1. The number of nitrogen functional groups attached to an aromatic ring is 1. The van der Waals surface area contributed by atoms with Gasteiger partial charge < -0.3 is 15.9 Å². The highest BCUT2D eigenvalue weighted by Gasteiger charge is 2.25. The molecule has 1 unspecified atom stereocenters. The number of nitrogens with two attached hydrogens (primary N) is 1. The van der Waals surface area contributed by atoms with Crippen LogP contribution in [0.15, 0.2) is 14.9 Å². The Hall–Kier alpha value is -1.73. The van der Waals surface area contributed by atoms with Crippen LogP contribution in [0.4, 0.5) is 11.4 Å². The average molecular weight is 265 g/mol. The maximum atomic E-state index is 12.0. The number of aliphatic imine (C=N–C) groups is 1. The van der Waals surface area contributed by atoms with Gasteiger partial charge in [-0.25, -0.2) is 0 Å². The van der Waals surface area contributed by atoms with Gasteiger partial charge in [0.15, 0.2) is 5.75 Å². The van der Waals surface area contributed by atoms with Crippen molar-refractivity contribution in [2.75, 3.05) is 24.6 Å². The number of nitrogens with zero attached hydrogens (tertiary/aromatic N) is 2. The number of phenolic OH excluding ortho intramolecular Hbond substituents is 1. The number of aromatic hydroxyl groups is 1. The number of anilines is 1.